The largest absolute Gasteiger partial charge is 0.467 e. The molecule has 0 aliphatic heterocycles. The van der Waals surface area contributed by atoms with Gasteiger partial charge in [-0.3, -0.25) is 4.79 Å². The summed E-state index contributed by atoms with van der Waals surface area (Å²) in [6.07, 6.45) is 1.54. The van der Waals surface area contributed by atoms with Crippen molar-refractivity contribution in [2.45, 2.75) is 20.0 Å². The molecular weight excluding hydrogens is 341 g/mol. The number of aryl methyl sites for hydroxylation is 1. The smallest absolute Gasteiger partial charge is 0.254 e. The number of hydrogen-bond donors (Lipinski definition) is 0. The topological polar surface area (TPSA) is 33.5 Å². The van der Waals surface area contributed by atoms with Crippen molar-refractivity contribution in [3.05, 3.63) is 94.2 Å². The van der Waals surface area contributed by atoms with Crippen molar-refractivity contribution in [1.29, 1.82) is 0 Å². The Morgan fingerprint density at radius 2 is 1.84 bits per heavy atom. The van der Waals surface area contributed by atoms with Gasteiger partial charge in [-0.05, 0) is 43.3 Å². The van der Waals surface area contributed by atoms with Crippen LogP contribution in [0.2, 0.25) is 5.02 Å². The fourth-order valence-corrected chi connectivity index (χ4v) is 2.77. The molecule has 1 heterocycles. The van der Waals surface area contributed by atoms with Crippen molar-refractivity contribution >= 4 is 17.5 Å². The van der Waals surface area contributed by atoms with Crippen LogP contribution in [0.25, 0.3) is 0 Å². The molecule has 2 aromatic carbocycles. The summed E-state index contributed by atoms with van der Waals surface area (Å²) in [4.78, 5) is 14.4. The third kappa shape index (κ3) is 4.09. The number of carbonyl (C=O) groups excluding carboxylic acids is 1. The Hall–Kier alpha value is -2.59. The van der Waals surface area contributed by atoms with Gasteiger partial charge in [-0.25, -0.2) is 4.39 Å². The van der Waals surface area contributed by atoms with Crippen LogP contribution in [-0.4, -0.2) is 10.8 Å². The van der Waals surface area contributed by atoms with Crippen LogP contribution in [0, 0.1) is 12.7 Å². The number of benzene rings is 2. The summed E-state index contributed by atoms with van der Waals surface area (Å²) in [5, 5.41) is 0.293. The Morgan fingerprint density at radius 3 is 2.48 bits per heavy atom. The maximum absolute atomic E-state index is 14.2. The number of amides is 1. The van der Waals surface area contributed by atoms with E-state index in [1.165, 1.54) is 11.0 Å². The third-order valence-electron chi connectivity index (χ3n) is 3.92. The average Bonchev–Trinajstić information content (AvgIpc) is 3.10. The average molecular weight is 358 g/mol. The van der Waals surface area contributed by atoms with Crippen LogP contribution in [0.15, 0.2) is 65.3 Å². The van der Waals surface area contributed by atoms with E-state index in [2.05, 4.69) is 0 Å². The molecule has 0 bridgehead atoms. The van der Waals surface area contributed by atoms with E-state index in [0.717, 1.165) is 5.56 Å². The number of carbonyl (C=O) groups is 1. The van der Waals surface area contributed by atoms with Gasteiger partial charge in [0, 0.05) is 16.1 Å². The zero-order chi connectivity index (χ0) is 17.8. The molecule has 3 nitrogen and oxygen atoms in total. The van der Waals surface area contributed by atoms with Crippen LogP contribution in [0.5, 0.6) is 0 Å². The molecule has 0 N–H and O–H groups in total. The molecule has 1 amide bonds. The maximum atomic E-state index is 14.2. The van der Waals surface area contributed by atoms with Crippen molar-refractivity contribution < 1.29 is 13.6 Å². The first-order valence-electron chi connectivity index (χ1n) is 7.86. The number of nitrogens with zero attached hydrogens (tertiary/aromatic N) is 1. The molecular formula is C20H17ClFNO2. The molecule has 0 aliphatic carbocycles. The Kier molecular flexibility index (Phi) is 5.19. The summed E-state index contributed by atoms with van der Waals surface area (Å²) in [6.45, 7) is 2.23. The highest BCUT2D eigenvalue weighted by molar-refractivity contribution is 6.31. The van der Waals surface area contributed by atoms with Crippen molar-refractivity contribution in [2.75, 3.05) is 0 Å². The predicted octanol–water partition coefficient (Wildman–Crippen LogP) is 5.22. The molecule has 0 aliphatic rings. The summed E-state index contributed by atoms with van der Waals surface area (Å²) in [5.74, 6) is -0.0303. The molecule has 3 rings (SSSR count). The Labute approximate surface area is 150 Å². The lowest BCUT2D eigenvalue weighted by Gasteiger charge is -2.23. The van der Waals surface area contributed by atoms with Gasteiger partial charge < -0.3 is 9.32 Å². The van der Waals surface area contributed by atoms with Gasteiger partial charge in [0.2, 0.25) is 0 Å². The Bertz CT molecular complexity index is 840. The minimum Gasteiger partial charge on any atom is -0.467 e. The SMILES string of the molecule is Cc1ccc(C(=O)N(Cc2ccco2)Cc2c(F)cccc2Cl)cc1. The highest BCUT2D eigenvalue weighted by atomic mass is 35.5. The second kappa shape index (κ2) is 7.53. The van der Waals surface area contributed by atoms with E-state index < -0.39 is 5.82 Å². The first kappa shape index (κ1) is 17.2. The van der Waals surface area contributed by atoms with Crippen molar-refractivity contribution in [1.82, 2.24) is 4.90 Å². The summed E-state index contributed by atoms with van der Waals surface area (Å²) < 4.78 is 19.5. The van der Waals surface area contributed by atoms with Crippen molar-refractivity contribution in [3.63, 3.8) is 0 Å². The van der Waals surface area contributed by atoms with Crippen LogP contribution in [-0.2, 0) is 13.1 Å². The zero-order valence-electron chi connectivity index (χ0n) is 13.7. The summed E-state index contributed by atoms with van der Waals surface area (Å²) in [5.41, 5.74) is 1.88. The standard InChI is InChI=1S/C20H17ClFNO2/c1-14-7-9-15(10-8-14)20(24)23(12-16-4-3-11-25-16)13-17-18(21)5-2-6-19(17)22/h2-11H,12-13H2,1H3. The van der Waals surface area contributed by atoms with E-state index in [0.29, 0.717) is 16.3 Å². The van der Waals surface area contributed by atoms with E-state index in [9.17, 15) is 9.18 Å². The minimum absolute atomic E-state index is 0.0545. The van der Waals surface area contributed by atoms with Crippen molar-refractivity contribution in [3.8, 4) is 0 Å². The van der Waals surface area contributed by atoms with Crippen LogP contribution in [0.4, 0.5) is 4.39 Å². The van der Waals surface area contributed by atoms with Gasteiger partial charge in [0.25, 0.3) is 5.91 Å². The molecule has 0 unspecified atom stereocenters. The van der Waals surface area contributed by atoms with Crippen molar-refractivity contribution in [2.24, 2.45) is 0 Å². The van der Waals surface area contributed by atoms with Crippen LogP contribution < -0.4 is 0 Å². The highest BCUT2D eigenvalue weighted by Gasteiger charge is 2.20. The lowest BCUT2D eigenvalue weighted by molar-refractivity contribution is 0.0716. The molecule has 0 spiro atoms. The zero-order valence-corrected chi connectivity index (χ0v) is 14.5. The molecule has 0 atom stereocenters. The lowest BCUT2D eigenvalue weighted by atomic mass is 10.1. The quantitative estimate of drug-likeness (QED) is 0.627. The first-order chi connectivity index (χ1) is 12.0. The number of furan rings is 1. The number of hydrogen-bond acceptors (Lipinski definition) is 2. The van der Waals surface area contributed by atoms with E-state index in [4.69, 9.17) is 16.0 Å². The molecule has 1 aromatic heterocycles. The molecule has 5 heteroatoms. The van der Waals surface area contributed by atoms with E-state index in [1.54, 1.807) is 42.7 Å². The maximum Gasteiger partial charge on any atom is 0.254 e. The number of rotatable bonds is 5. The Morgan fingerprint density at radius 1 is 1.08 bits per heavy atom. The summed E-state index contributed by atoms with van der Waals surface area (Å²) in [7, 11) is 0. The third-order valence-corrected chi connectivity index (χ3v) is 4.28. The second-order valence-electron chi connectivity index (χ2n) is 5.81. The normalized spacial score (nSPS) is 10.7. The molecule has 0 radical (unpaired) electrons. The van der Waals surface area contributed by atoms with E-state index >= 15 is 0 Å². The van der Waals surface area contributed by atoms with Crippen LogP contribution in [0.1, 0.15) is 27.2 Å². The summed E-state index contributed by atoms with van der Waals surface area (Å²) >= 11 is 6.13. The predicted molar refractivity (Wildman–Crippen MR) is 94.9 cm³/mol. The van der Waals surface area contributed by atoms with Crippen LogP contribution in [0.3, 0.4) is 0 Å². The van der Waals surface area contributed by atoms with E-state index in [-0.39, 0.29) is 24.6 Å². The second-order valence-corrected chi connectivity index (χ2v) is 6.21. The first-order valence-corrected chi connectivity index (χ1v) is 8.23. The van der Waals surface area contributed by atoms with Gasteiger partial charge in [-0.1, -0.05) is 35.4 Å². The summed E-state index contributed by atoms with van der Waals surface area (Å²) in [6, 6.07) is 15.3. The fourth-order valence-electron chi connectivity index (χ4n) is 2.54. The highest BCUT2D eigenvalue weighted by Crippen LogP contribution is 2.23. The molecule has 0 fully saturated rings. The molecule has 0 saturated carbocycles. The monoisotopic (exact) mass is 357 g/mol. The fraction of sp³-hybridized carbons (Fsp3) is 0.150. The minimum atomic E-state index is -0.436. The van der Waals surface area contributed by atoms with Gasteiger partial charge in [-0.15, -0.1) is 0 Å². The molecule has 3 aromatic rings. The Balaban J connectivity index is 1.92. The van der Waals surface area contributed by atoms with Gasteiger partial charge in [0.15, 0.2) is 0 Å². The number of halogens is 2. The van der Waals surface area contributed by atoms with Gasteiger partial charge in [0.05, 0.1) is 19.4 Å². The molecule has 0 saturated heterocycles. The molecule has 25 heavy (non-hydrogen) atoms. The van der Waals surface area contributed by atoms with E-state index in [1.807, 2.05) is 19.1 Å². The van der Waals surface area contributed by atoms with Gasteiger partial charge in [-0.2, -0.15) is 0 Å². The van der Waals surface area contributed by atoms with Gasteiger partial charge >= 0.3 is 0 Å². The van der Waals surface area contributed by atoms with Crippen LogP contribution >= 0.6 is 11.6 Å². The molecule has 128 valence electrons. The van der Waals surface area contributed by atoms with Gasteiger partial charge in [0.1, 0.15) is 11.6 Å². The lowest BCUT2D eigenvalue weighted by Crippen LogP contribution is -2.30.